The lowest BCUT2D eigenvalue weighted by atomic mass is 10.0. The van der Waals surface area contributed by atoms with Crippen LogP contribution >= 0.6 is 0 Å². The number of aromatic nitrogens is 3. The number of nitrogens with zero attached hydrogens (tertiary/aromatic N) is 3. The molecule has 0 atom stereocenters. The molecule has 0 N–H and O–H groups in total. The van der Waals surface area contributed by atoms with E-state index in [1.54, 1.807) is 0 Å². The fraction of sp³-hybridized carbons (Fsp3) is 0.600. The van der Waals surface area contributed by atoms with Crippen molar-refractivity contribution in [1.29, 1.82) is 0 Å². The molecule has 68 heavy (non-hydrogen) atoms. The van der Waals surface area contributed by atoms with E-state index in [4.69, 9.17) is 6.42 Å². The fourth-order valence-electron chi connectivity index (χ4n) is 12.0. The number of rotatable bonds is 36. The quantitative estimate of drug-likeness (QED) is 0.0275. The Hall–Kier alpha value is -4.16. The molecule has 0 amide bonds. The van der Waals surface area contributed by atoms with Crippen LogP contribution in [0, 0.1) is 12.3 Å². The Labute approximate surface area is 414 Å². The average Bonchev–Trinajstić information content (AvgIpc) is 3.99. The summed E-state index contributed by atoms with van der Waals surface area (Å²) in [6.45, 7) is 10.1. The lowest BCUT2D eigenvalue weighted by Gasteiger charge is -2.13. The summed E-state index contributed by atoms with van der Waals surface area (Å²) >= 11 is 0. The van der Waals surface area contributed by atoms with Crippen LogP contribution in [0.2, 0.25) is 0 Å². The molecule has 7 aromatic rings. The van der Waals surface area contributed by atoms with Crippen molar-refractivity contribution < 1.29 is 0 Å². The fourth-order valence-corrected chi connectivity index (χ4v) is 12.0. The number of para-hydroxylation sites is 2. The Morgan fingerprint density at radius 3 is 0.926 bits per heavy atom. The van der Waals surface area contributed by atoms with Gasteiger partial charge in [0, 0.05) is 68.5 Å². The van der Waals surface area contributed by atoms with Gasteiger partial charge in [-0.25, -0.2) is 0 Å². The van der Waals surface area contributed by atoms with Gasteiger partial charge in [0.05, 0.1) is 22.1 Å². The normalized spacial score (nSPS) is 12.1. The summed E-state index contributed by atoms with van der Waals surface area (Å²) in [4.78, 5) is 0. The first kappa shape index (κ1) is 51.7. The first-order valence-corrected chi connectivity index (χ1v) is 29.1. The number of aryl methyl sites for hydroxylation is 3. The Kier molecular flexibility index (Phi) is 21.7. The molecule has 0 unspecified atom stereocenters. The first-order chi connectivity index (χ1) is 33.7. The SMILES string of the molecule is C#Cc1ccc2c3c4c(c5ccccc5n4CCCCCCCCCCCCC)c4c(c5ccccc5n4CCCCCCCCCCCCC)c3n(CCCCCCCCCCCCC)c2c1. The van der Waals surface area contributed by atoms with Crippen molar-refractivity contribution >= 4 is 65.4 Å². The minimum atomic E-state index is 0.980. The Morgan fingerprint density at radius 1 is 0.324 bits per heavy atom. The third-order valence-electron chi connectivity index (χ3n) is 15.8. The van der Waals surface area contributed by atoms with Crippen LogP contribution in [0.1, 0.15) is 238 Å². The molecule has 4 aromatic carbocycles. The first-order valence-electron chi connectivity index (χ1n) is 29.1. The second-order valence-corrected chi connectivity index (χ2v) is 21.1. The Morgan fingerprint density at radius 2 is 0.603 bits per heavy atom. The molecule has 368 valence electrons. The van der Waals surface area contributed by atoms with E-state index in [1.165, 1.54) is 277 Å². The maximum absolute atomic E-state index is 6.21. The van der Waals surface area contributed by atoms with Crippen LogP contribution in [0.15, 0.2) is 66.7 Å². The number of benzene rings is 4. The summed E-state index contributed by atoms with van der Waals surface area (Å²) < 4.78 is 8.28. The minimum Gasteiger partial charge on any atom is -0.340 e. The van der Waals surface area contributed by atoms with Gasteiger partial charge in [0.25, 0.3) is 0 Å². The van der Waals surface area contributed by atoms with Gasteiger partial charge in [-0.05, 0) is 43.5 Å². The van der Waals surface area contributed by atoms with Crippen LogP contribution in [-0.2, 0) is 19.6 Å². The minimum absolute atomic E-state index is 0.980. The standard InChI is InChI=1S/C65H93N3/c1-5-9-12-15-18-21-24-27-30-33-40-49-66-58-46-39-37-44-55(58)61-63(66)60-54-43-36-38-45-57(54)67(50-41-34-31-28-25-22-19-16-13-10-6-2)64(60)62-56-48-47-53(8-4)52-59(56)68(65(61)62)51-42-35-32-29-26-23-20-17-14-11-7-3/h4,36-39,43-48,52H,5-7,9-35,40-42,49-51H2,1-3H3. The van der Waals surface area contributed by atoms with Crippen LogP contribution in [0.3, 0.4) is 0 Å². The van der Waals surface area contributed by atoms with Crippen LogP contribution in [0.25, 0.3) is 65.4 Å². The van der Waals surface area contributed by atoms with Gasteiger partial charge in [-0.1, -0.05) is 262 Å². The molecule has 3 aromatic heterocycles. The van der Waals surface area contributed by atoms with Crippen molar-refractivity contribution in [3.8, 4) is 12.3 Å². The largest absolute Gasteiger partial charge is 0.340 e. The van der Waals surface area contributed by atoms with Crippen LogP contribution in [-0.4, -0.2) is 13.7 Å². The number of terminal acetylenes is 1. The summed E-state index contributed by atoms with van der Waals surface area (Å²) in [7, 11) is 0. The molecule has 0 bridgehead atoms. The summed E-state index contributed by atoms with van der Waals surface area (Å²) in [6.07, 6.45) is 51.1. The van der Waals surface area contributed by atoms with Gasteiger partial charge in [-0.2, -0.15) is 0 Å². The van der Waals surface area contributed by atoms with E-state index in [2.05, 4.69) is 107 Å². The van der Waals surface area contributed by atoms with E-state index < -0.39 is 0 Å². The molecule has 0 saturated carbocycles. The van der Waals surface area contributed by atoms with E-state index in [1.807, 2.05) is 0 Å². The van der Waals surface area contributed by atoms with E-state index >= 15 is 0 Å². The number of hydrogen-bond acceptors (Lipinski definition) is 0. The highest BCUT2D eigenvalue weighted by Crippen LogP contribution is 2.48. The molecule has 0 aliphatic heterocycles. The molecule has 0 radical (unpaired) electrons. The molecule has 0 fully saturated rings. The van der Waals surface area contributed by atoms with Gasteiger partial charge in [0.15, 0.2) is 0 Å². The number of hydrogen-bond donors (Lipinski definition) is 0. The molecular formula is C65H93N3. The summed E-state index contributed by atoms with van der Waals surface area (Å²) in [5.41, 5.74) is 9.40. The van der Waals surface area contributed by atoms with Crippen molar-refractivity contribution in [2.75, 3.05) is 0 Å². The second-order valence-electron chi connectivity index (χ2n) is 21.1. The van der Waals surface area contributed by atoms with Crippen molar-refractivity contribution in [3.05, 3.63) is 72.3 Å². The van der Waals surface area contributed by atoms with E-state index in [9.17, 15) is 0 Å². The summed E-state index contributed by atoms with van der Waals surface area (Å²) in [5.74, 6) is 3.04. The zero-order valence-electron chi connectivity index (χ0n) is 43.7. The third kappa shape index (κ3) is 13.2. The lowest BCUT2D eigenvalue weighted by molar-refractivity contribution is 0.536. The van der Waals surface area contributed by atoms with E-state index in [0.717, 1.165) is 25.2 Å². The number of unbranched alkanes of at least 4 members (excludes halogenated alkanes) is 30. The van der Waals surface area contributed by atoms with Crippen molar-refractivity contribution in [2.45, 2.75) is 252 Å². The molecule has 0 aliphatic rings. The zero-order valence-corrected chi connectivity index (χ0v) is 43.7. The predicted molar refractivity (Wildman–Crippen MR) is 303 cm³/mol. The predicted octanol–water partition coefficient (Wildman–Crippen LogP) is 20.9. The zero-order chi connectivity index (χ0) is 47.2. The van der Waals surface area contributed by atoms with Gasteiger partial charge < -0.3 is 13.7 Å². The van der Waals surface area contributed by atoms with Crippen LogP contribution < -0.4 is 0 Å². The van der Waals surface area contributed by atoms with E-state index in [-0.39, 0.29) is 0 Å². The highest BCUT2D eigenvalue weighted by Gasteiger charge is 2.27. The number of fused-ring (bicyclic) bond motifs is 12. The van der Waals surface area contributed by atoms with Crippen molar-refractivity contribution in [2.24, 2.45) is 0 Å². The topological polar surface area (TPSA) is 14.8 Å². The smallest absolute Gasteiger partial charge is 0.0614 e. The Balaban J connectivity index is 1.25. The summed E-state index contributed by atoms with van der Waals surface area (Å²) in [5, 5.41) is 8.52. The molecular weight excluding hydrogens is 823 g/mol. The molecule has 0 aliphatic carbocycles. The second kappa shape index (κ2) is 28.5. The molecule has 3 heterocycles. The maximum Gasteiger partial charge on any atom is 0.0614 e. The van der Waals surface area contributed by atoms with Gasteiger partial charge in [0.2, 0.25) is 0 Å². The van der Waals surface area contributed by atoms with Gasteiger partial charge in [-0.15, -0.1) is 6.42 Å². The van der Waals surface area contributed by atoms with Gasteiger partial charge >= 0.3 is 0 Å². The van der Waals surface area contributed by atoms with Gasteiger partial charge in [-0.3, -0.25) is 0 Å². The molecule has 0 spiro atoms. The summed E-state index contributed by atoms with van der Waals surface area (Å²) in [6, 6.07) is 25.8. The van der Waals surface area contributed by atoms with Crippen LogP contribution in [0.4, 0.5) is 0 Å². The van der Waals surface area contributed by atoms with Gasteiger partial charge in [0.1, 0.15) is 0 Å². The van der Waals surface area contributed by atoms with Crippen molar-refractivity contribution in [3.63, 3.8) is 0 Å². The molecule has 7 rings (SSSR count). The van der Waals surface area contributed by atoms with Crippen molar-refractivity contribution in [1.82, 2.24) is 13.7 Å². The molecule has 3 nitrogen and oxygen atoms in total. The highest BCUT2D eigenvalue weighted by atomic mass is 15.0. The molecule has 3 heteroatoms. The maximum atomic E-state index is 6.21. The highest BCUT2D eigenvalue weighted by molar-refractivity contribution is 6.39. The van der Waals surface area contributed by atoms with Crippen LogP contribution in [0.5, 0.6) is 0 Å². The van der Waals surface area contributed by atoms with E-state index in [0.29, 0.717) is 0 Å². The Bertz CT molecular complexity index is 2600. The lowest BCUT2D eigenvalue weighted by Crippen LogP contribution is -2.02. The third-order valence-corrected chi connectivity index (χ3v) is 15.8. The monoisotopic (exact) mass is 916 g/mol. The molecule has 0 saturated heterocycles. The average molecular weight is 916 g/mol.